The van der Waals surface area contributed by atoms with Gasteiger partial charge in [0.1, 0.15) is 0 Å². The highest BCUT2D eigenvalue weighted by molar-refractivity contribution is 9.11. The Morgan fingerprint density at radius 2 is 2.11 bits per heavy atom. The Morgan fingerprint density at radius 1 is 1.33 bits per heavy atom. The van der Waals surface area contributed by atoms with Crippen LogP contribution in [0.2, 0.25) is 10.0 Å². The average molecular weight is 365 g/mol. The molecule has 1 N–H and O–H groups in total. The molecule has 96 valence electrons. The molecule has 0 fully saturated rings. The average Bonchev–Trinajstić information content (AvgIpc) is 2.76. The molecule has 0 radical (unpaired) electrons. The van der Waals surface area contributed by atoms with Gasteiger partial charge in [-0.15, -0.1) is 11.3 Å². The fourth-order valence-electron chi connectivity index (χ4n) is 1.82. The molecule has 1 aromatic heterocycles. The molecule has 0 aliphatic carbocycles. The topological polar surface area (TPSA) is 12.0 Å². The summed E-state index contributed by atoms with van der Waals surface area (Å²) < 4.78 is 1.11. The van der Waals surface area contributed by atoms with Crippen LogP contribution < -0.4 is 5.32 Å². The summed E-state index contributed by atoms with van der Waals surface area (Å²) in [7, 11) is 0. The summed E-state index contributed by atoms with van der Waals surface area (Å²) in [5.41, 5.74) is 2.20. The van der Waals surface area contributed by atoms with Crippen molar-refractivity contribution in [3.8, 4) is 0 Å². The van der Waals surface area contributed by atoms with Crippen molar-refractivity contribution in [2.75, 3.05) is 6.54 Å². The van der Waals surface area contributed by atoms with Gasteiger partial charge >= 0.3 is 0 Å². The fraction of sp³-hybridized carbons (Fsp3) is 0.231. The maximum atomic E-state index is 6.28. The van der Waals surface area contributed by atoms with E-state index in [0.29, 0.717) is 5.02 Å². The second-order valence-corrected chi connectivity index (χ2v) is 6.97. The van der Waals surface area contributed by atoms with Crippen molar-refractivity contribution in [2.24, 2.45) is 0 Å². The van der Waals surface area contributed by atoms with Crippen molar-refractivity contribution >= 4 is 50.5 Å². The SMILES string of the molecule is CCNC(c1csc(Br)c1)c1cc(Cl)ccc1Cl. The summed E-state index contributed by atoms with van der Waals surface area (Å²) in [5.74, 6) is 0. The van der Waals surface area contributed by atoms with Crippen molar-refractivity contribution in [3.63, 3.8) is 0 Å². The van der Waals surface area contributed by atoms with Crippen LogP contribution in [0.4, 0.5) is 0 Å². The zero-order chi connectivity index (χ0) is 13.1. The predicted molar refractivity (Wildman–Crippen MR) is 84.0 cm³/mol. The van der Waals surface area contributed by atoms with Crippen molar-refractivity contribution in [1.82, 2.24) is 5.32 Å². The van der Waals surface area contributed by atoms with Crippen LogP contribution in [0.1, 0.15) is 24.1 Å². The number of hydrogen-bond acceptors (Lipinski definition) is 2. The second kappa shape index (κ2) is 6.40. The molecule has 0 spiro atoms. The van der Waals surface area contributed by atoms with E-state index in [1.807, 2.05) is 12.1 Å². The molecule has 2 rings (SSSR count). The minimum absolute atomic E-state index is 0.0729. The molecular formula is C13H12BrCl2NS. The Morgan fingerprint density at radius 3 is 2.72 bits per heavy atom. The highest BCUT2D eigenvalue weighted by atomic mass is 79.9. The molecule has 1 aromatic carbocycles. The van der Waals surface area contributed by atoms with Crippen molar-refractivity contribution in [3.05, 3.63) is 54.6 Å². The minimum atomic E-state index is 0.0729. The summed E-state index contributed by atoms with van der Waals surface area (Å²) in [4.78, 5) is 0. The Kier molecular flexibility index (Phi) is 5.10. The third-order valence-electron chi connectivity index (χ3n) is 2.60. The van der Waals surface area contributed by atoms with E-state index >= 15 is 0 Å². The molecule has 0 bridgehead atoms. The molecule has 0 amide bonds. The minimum Gasteiger partial charge on any atom is -0.306 e. The van der Waals surface area contributed by atoms with Gasteiger partial charge in [-0.05, 0) is 63.2 Å². The Bertz CT molecular complexity index is 542. The predicted octanol–water partition coefficient (Wildman–Crippen LogP) is 5.52. The van der Waals surface area contributed by atoms with E-state index in [2.05, 4.69) is 39.6 Å². The van der Waals surface area contributed by atoms with Gasteiger partial charge in [0.2, 0.25) is 0 Å². The van der Waals surface area contributed by atoms with E-state index in [9.17, 15) is 0 Å². The van der Waals surface area contributed by atoms with Gasteiger partial charge in [-0.2, -0.15) is 0 Å². The van der Waals surface area contributed by atoms with Gasteiger partial charge in [-0.3, -0.25) is 0 Å². The standard InChI is InChI=1S/C13H12BrCl2NS/c1-2-17-13(8-5-12(14)18-7-8)10-6-9(15)3-4-11(10)16/h3-7,13,17H,2H2,1H3. The first-order valence-electron chi connectivity index (χ1n) is 5.54. The van der Waals surface area contributed by atoms with Gasteiger partial charge in [0.05, 0.1) is 9.83 Å². The van der Waals surface area contributed by atoms with Gasteiger partial charge < -0.3 is 5.32 Å². The van der Waals surface area contributed by atoms with E-state index < -0.39 is 0 Å². The lowest BCUT2D eigenvalue weighted by molar-refractivity contribution is 0.632. The number of hydrogen-bond donors (Lipinski definition) is 1. The third-order valence-corrected chi connectivity index (χ3v) is 4.70. The van der Waals surface area contributed by atoms with Crippen LogP contribution in [0.15, 0.2) is 33.4 Å². The molecular weight excluding hydrogens is 353 g/mol. The summed E-state index contributed by atoms with van der Waals surface area (Å²) in [6.07, 6.45) is 0. The van der Waals surface area contributed by atoms with Gasteiger partial charge in [-0.25, -0.2) is 0 Å². The quantitative estimate of drug-likeness (QED) is 0.753. The molecule has 0 aliphatic heterocycles. The van der Waals surface area contributed by atoms with Crippen LogP contribution in [0, 0.1) is 0 Å². The first-order valence-corrected chi connectivity index (χ1v) is 7.97. The second-order valence-electron chi connectivity index (χ2n) is 3.84. The van der Waals surface area contributed by atoms with E-state index in [1.54, 1.807) is 17.4 Å². The highest BCUT2D eigenvalue weighted by Gasteiger charge is 2.17. The largest absolute Gasteiger partial charge is 0.306 e. The normalized spacial score (nSPS) is 12.7. The molecule has 0 saturated carbocycles. The molecule has 0 saturated heterocycles. The van der Waals surface area contributed by atoms with E-state index in [4.69, 9.17) is 23.2 Å². The van der Waals surface area contributed by atoms with Crippen molar-refractivity contribution in [2.45, 2.75) is 13.0 Å². The lowest BCUT2D eigenvalue weighted by Gasteiger charge is -2.19. The lowest BCUT2D eigenvalue weighted by Crippen LogP contribution is -2.21. The number of rotatable bonds is 4. The first kappa shape index (κ1) is 14.4. The number of nitrogens with one attached hydrogen (secondary N) is 1. The molecule has 18 heavy (non-hydrogen) atoms. The molecule has 1 heterocycles. The molecule has 2 aromatic rings. The van der Waals surface area contributed by atoms with Gasteiger partial charge in [0.15, 0.2) is 0 Å². The molecule has 1 atom stereocenters. The number of thiophene rings is 1. The van der Waals surface area contributed by atoms with E-state index in [0.717, 1.165) is 20.9 Å². The molecule has 1 unspecified atom stereocenters. The molecule has 0 aliphatic rings. The summed E-state index contributed by atoms with van der Waals surface area (Å²) in [6.45, 7) is 2.94. The molecule has 1 nitrogen and oxygen atoms in total. The van der Waals surface area contributed by atoms with E-state index in [1.165, 1.54) is 5.56 Å². The summed E-state index contributed by atoms with van der Waals surface area (Å²) in [5, 5.41) is 6.99. The summed E-state index contributed by atoms with van der Waals surface area (Å²) in [6, 6.07) is 7.74. The van der Waals surface area contributed by atoms with Crippen molar-refractivity contribution < 1.29 is 0 Å². The zero-order valence-corrected chi connectivity index (χ0v) is 13.6. The molecule has 5 heteroatoms. The van der Waals surface area contributed by atoms with Crippen LogP contribution in [-0.4, -0.2) is 6.54 Å². The van der Waals surface area contributed by atoms with Crippen LogP contribution in [-0.2, 0) is 0 Å². The number of halogens is 3. The van der Waals surface area contributed by atoms with Crippen LogP contribution >= 0.6 is 50.5 Å². The maximum Gasteiger partial charge on any atom is 0.0701 e. The zero-order valence-electron chi connectivity index (χ0n) is 9.71. The first-order chi connectivity index (χ1) is 8.61. The lowest BCUT2D eigenvalue weighted by atomic mass is 10.0. The van der Waals surface area contributed by atoms with Crippen LogP contribution in [0.5, 0.6) is 0 Å². The van der Waals surface area contributed by atoms with Crippen molar-refractivity contribution in [1.29, 1.82) is 0 Å². The Labute approximate surface area is 129 Å². The van der Waals surface area contributed by atoms with E-state index in [-0.39, 0.29) is 6.04 Å². The highest BCUT2D eigenvalue weighted by Crippen LogP contribution is 2.34. The fourth-order valence-corrected chi connectivity index (χ4v) is 3.43. The van der Waals surface area contributed by atoms with Gasteiger partial charge in [0, 0.05) is 10.0 Å². The van der Waals surface area contributed by atoms with Crippen LogP contribution in [0.3, 0.4) is 0 Å². The Hall–Kier alpha value is -0.0600. The third kappa shape index (κ3) is 3.28. The smallest absolute Gasteiger partial charge is 0.0701 e. The summed E-state index contributed by atoms with van der Waals surface area (Å²) >= 11 is 17.5. The van der Waals surface area contributed by atoms with Crippen LogP contribution in [0.25, 0.3) is 0 Å². The maximum absolute atomic E-state index is 6.28. The Balaban J connectivity index is 2.44. The monoisotopic (exact) mass is 363 g/mol. The van der Waals surface area contributed by atoms with Gasteiger partial charge in [0.25, 0.3) is 0 Å². The number of benzene rings is 1. The van der Waals surface area contributed by atoms with Gasteiger partial charge in [-0.1, -0.05) is 30.1 Å².